The van der Waals surface area contributed by atoms with Gasteiger partial charge in [-0.15, -0.1) is 0 Å². The molecule has 0 radical (unpaired) electrons. The minimum atomic E-state index is -4.41. The molecular formula is C18H20F2N6O4S. The number of halogens is 2. The van der Waals surface area contributed by atoms with Gasteiger partial charge in [0.25, 0.3) is 5.91 Å². The van der Waals surface area contributed by atoms with E-state index in [2.05, 4.69) is 20.3 Å². The molecule has 0 aliphatic carbocycles. The highest BCUT2D eigenvalue weighted by Crippen LogP contribution is 2.36. The Hall–Kier alpha value is -3.35. The molecule has 3 N–H and O–H groups in total. The van der Waals surface area contributed by atoms with Gasteiger partial charge in [0.15, 0.2) is 11.6 Å². The number of rotatable bonds is 5. The van der Waals surface area contributed by atoms with Crippen LogP contribution in [0.5, 0.6) is 5.88 Å². The molecule has 2 aromatic rings. The average Bonchev–Trinajstić information content (AvgIpc) is 2.67. The van der Waals surface area contributed by atoms with Crippen LogP contribution in [0.3, 0.4) is 0 Å². The number of ether oxygens (including phenoxy) is 1. The summed E-state index contributed by atoms with van der Waals surface area (Å²) in [6.07, 6.45) is 2.30. The number of nitrogens with zero attached hydrogens (tertiary/aromatic N) is 4. The van der Waals surface area contributed by atoms with Crippen molar-refractivity contribution in [2.75, 3.05) is 24.7 Å². The third-order valence-corrected chi connectivity index (χ3v) is 6.30. The van der Waals surface area contributed by atoms with Crippen molar-refractivity contribution in [3.63, 3.8) is 0 Å². The van der Waals surface area contributed by atoms with Gasteiger partial charge in [-0.1, -0.05) is 0 Å². The molecule has 1 aromatic carbocycles. The Kier molecular flexibility index (Phi) is 5.10. The minimum absolute atomic E-state index is 0.142. The summed E-state index contributed by atoms with van der Waals surface area (Å²) >= 11 is 0. The summed E-state index contributed by atoms with van der Waals surface area (Å²) in [7, 11) is -3.04. The third-order valence-electron chi connectivity index (χ3n) is 4.45. The molecule has 13 heteroatoms. The highest BCUT2D eigenvalue weighted by Gasteiger charge is 2.43. The summed E-state index contributed by atoms with van der Waals surface area (Å²) in [5.41, 5.74) is 2.96. The van der Waals surface area contributed by atoms with Crippen LogP contribution in [0.25, 0.3) is 0 Å². The Morgan fingerprint density at radius 3 is 2.65 bits per heavy atom. The number of anilines is 1. The van der Waals surface area contributed by atoms with Crippen LogP contribution in [-0.4, -0.2) is 53.9 Å². The monoisotopic (exact) mass is 456 g/mol. The quantitative estimate of drug-likeness (QED) is 0.689. The summed E-state index contributed by atoms with van der Waals surface area (Å²) in [5.74, 6) is -5.01. The summed E-state index contributed by atoms with van der Waals surface area (Å²) in [6, 6.07) is 1.73. The number of nitrogens with one attached hydrogen (secondary N) is 1. The Bertz CT molecular complexity index is 1240. The molecule has 1 atom stereocenters. The smallest absolute Gasteiger partial charge is 0.275 e. The molecule has 0 unspecified atom stereocenters. The van der Waals surface area contributed by atoms with Gasteiger partial charge in [-0.05, 0) is 19.9 Å². The zero-order valence-electron chi connectivity index (χ0n) is 18.7. The molecule has 0 bridgehead atoms. The van der Waals surface area contributed by atoms with Gasteiger partial charge < -0.3 is 15.8 Å². The number of guanidine groups is 1. The lowest BCUT2D eigenvalue weighted by Gasteiger charge is -2.36. The van der Waals surface area contributed by atoms with Crippen LogP contribution in [0.2, 0.25) is 0 Å². The molecule has 10 nitrogen and oxygen atoms in total. The van der Waals surface area contributed by atoms with Crippen LogP contribution in [0.4, 0.5) is 14.5 Å². The molecule has 1 aliphatic rings. The minimum Gasteiger partial charge on any atom is -0.480 e. The lowest BCUT2D eigenvalue weighted by atomic mass is 9.93. The first-order chi connectivity index (χ1) is 15.2. The van der Waals surface area contributed by atoms with Crippen LogP contribution in [0.15, 0.2) is 29.5 Å². The van der Waals surface area contributed by atoms with Crippen molar-refractivity contribution in [1.29, 1.82) is 0 Å². The van der Waals surface area contributed by atoms with Gasteiger partial charge in [0.05, 0.1) is 28.0 Å². The number of amides is 1. The molecule has 31 heavy (non-hydrogen) atoms. The van der Waals surface area contributed by atoms with Crippen LogP contribution >= 0.6 is 0 Å². The number of methoxy groups -OCH3 is 1. The lowest BCUT2D eigenvalue weighted by molar-refractivity contribution is 0.102. The van der Waals surface area contributed by atoms with Gasteiger partial charge in [0.1, 0.15) is 11.2 Å². The van der Waals surface area contributed by atoms with E-state index in [0.717, 1.165) is 19.2 Å². The van der Waals surface area contributed by atoms with E-state index in [1.54, 1.807) is 0 Å². The predicted molar refractivity (Wildman–Crippen MR) is 108 cm³/mol. The average molecular weight is 456 g/mol. The van der Waals surface area contributed by atoms with Gasteiger partial charge in [0.2, 0.25) is 21.9 Å². The molecule has 0 saturated heterocycles. The van der Waals surface area contributed by atoms with Crippen molar-refractivity contribution in [2.45, 2.75) is 19.4 Å². The van der Waals surface area contributed by atoms with Gasteiger partial charge in [0, 0.05) is 23.8 Å². The topological polar surface area (TPSA) is 140 Å². The fourth-order valence-corrected chi connectivity index (χ4v) is 4.73. The summed E-state index contributed by atoms with van der Waals surface area (Å²) in [5, 5.41) is 2.34. The molecule has 0 saturated carbocycles. The number of benzene rings is 1. The number of carbonyl (C=O) groups is 1. The summed E-state index contributed by atoms with van der Waals surface area (Å²) < 4.78 is 75.1. The first-order valence-corrected chi connectivity index (χ1v) is 10.3. The van der Waals surface area contributed by atoms with E-state index in [4.69, 9.17) is 13.2 Å². The van der Waals surface area contributed by atoms with E-state index in [-0.39, 0.29) is 21.6 Å². The second-order valence-corrected chi connectivity index (χ2v) is 8.52. The summed E-state index contributed by atoms with van der Waals surface area (Å²) in [4.78, 5) is 24.1. The Morgan fingerprint density at radius 2 is 2.10 bits per heavy atom. The van der Waals surface area contributed by atoms with E-state index >= 15 is 0 Å². The molecule has 2 heterocycles. The SMILES string of the molecule is [2H]C([2H])(C)N1C(N)=N[C@](C)(c2cc(NC(=O)c3cnc(OC)cn3)cc(F)c2F)CS1(=O)=O. The maximum atomic E-state index is 14.7. The van der Waals surface area contributed by atoms with Crippen LogP contribution in [0.1, 0.15) is 32.6 Å². The van der Waals surface area contributed by atoms with Crippen LogP contribution in [-0.2, 0) is 15.6 Å². The Morgan fingerprint density at radius 1 is 1.39 bits per heavy atom. The lowest BCUT2D eigenvalue weighted by Crippen LogP contribution is -2.52. The van der Waals surface area contributed by atoms with Crippen molar-refractivity contribution >= 4 is 27.6 Å². The normalized spacial score (nSPS) is 21.6. The Labute approximate surface area is 180 Å². The van der Waals surface area contributed by atoms with Crippen molar-refractivity contribution in [2.24, 2.45) is 10.7 Å². The van der Waals surface area contributed by atoms with Crippen molar-refractivity contribution in [3.8, 4) is 5.88 Å². The van der Waals surface area contributed by atoms with Gasteiger partial charge in [-0.3, -0.25) is 4.79 Å². The van der Waals surface area contributed by atoms with Crippen molar-refractivity contribution in [3.05, 3.63) is 47.4 Å². The molecule has 1 aliphatic heterocycles. The van der Waals surface area contributed by atoms with Crippen molar-refractivity contribution < 1.29 is 29.5 Å². The summed E-state index contributed by atoms with van der Waals surface area (Å²) in [6.45, 7) is -0.237. The fourth-order valence-electron chi connectivity index (χ4n) is 3.07. The number of hydrogen-bond donors (Lipinski definition) is 2. The van der Waals surface area contributed by atoms with Gasteiger partial charge in [-0.2, -0.15) is 0 Å². The van der Waals surface area contributed by atoms with E-state index in [0.29, 0.717) is 6.07 Å². The van der Waals surface area contributed by atoms with Crippen molar-refractivity contribution in [1.82, 2.24) is 14.3 Å². The molecule has 166 valence electrons. The van der Waals surface area contributed by atoms with Gasteiger partial charge in [-0.25, -0.2) is 36.5 Å². The maximum absolute atomic E-state index is 14.7. The molecule has 0 fully saturated rings. The van der Waals surface area contributed by atoms with E-state index in [1.807, 2.05) is 0 Å². The number of carbonyl (C=O) groups excluding carboxylic acids is 1. The number of nitrogens with two attached hydrogens (primary N) is 1. The number of sulfonamides is 1. The fraction of sp³-hybridized carbons (Fsp3) is 0.333. The Balaban J connectivity index is 2.02. The predicted octanol–water partition coefficient (Wildman–Crippen LogP) is 1.21. The van der Waals surface area contributed by atoms with E-state index in [9.17, 15) is 22.0 Å². The third kappa shape index (κ3) is 4.26. The largest absolute Gasteiger partial charge is 0.480 e. The first kappa shape index (κ1) is 19.6. The molecule has 1 aromatic heterocycles. The number of hydrogen-bond acceptors (Lipinski definition) is 8. The standard InChI is InChI=1S/C18H20F2N6O4S/c1-4-26-17(21)25-18(2,9-31(26,28)29)11-5-10(6-12(19)15(11)20)24-16(27)13-7-23-14(30-3)8-22-13/h5-8H,4,9H2,1-3H3,(H2,21,25)(H,24,27)/t18-/m0/s1/i4D2. The highest BCUT2D eigenvalue weighted by atomic mass is 32.2. The van der Waals surface area contributed by atoms with Crippen LogP contribution < -0.4 is 15.8 Å². The maximum Gasteiger partial charge on any atom is 0.275 e. The zero-order valence-corrected chi connectivity index (χ0v) is 17.5. The van der Waals surface area contributed by atoms with E-state index in [1.165, 1.54) is 20.2 Å². The number of aromatic nitrogens is 2. The molecule has 1 amide bonds. The first-order valence-electron chi connectivity index (χ1n) is 9.73. The molecular weight excluding hydrogens is 434 g/mol. The molecule has 3 rings (SSSR count). The van der Waals surface area contributed by atoms with Gasteiger partial charge >= 0.3 is 0 Å². The zero-order chi connectivity index (χ0) is 24.8. The second kappa shape index (κ2) is 8.06. The van der Waals surface area contributed by atoms with Crippen LogP contribution in [0, 0.1) is 11.6 Å². The second-order valence-electron chi connectivity index (χ2n) is 6.71. The van der Waals surface area contributed by atoms with E-state index < -0.39 is 56.9 Å². The molecule has 0 spiro atoms. The highest BCUT2D eigenvalue weighted by molar-refractivity contribution is 7.89. The number of aliphatic imine (C=N–C) groups is 1.